The van der Waals surface area contributed by atoms with Gasteiger partial charge in [-0.1, -0.05) is 111 Å². The third-order valence-electron chi connectivity index (χ3n) is 10.8. The quantitative estimate of drug-likeness (QED) is 0.0421. The summed E-state index contributed by atoms with van der Waals surface area (Å²) < 4.78 is 21.0. The number of carboxylic acid groups (broad SMARTS) is 2. The maximum atomic E-state index is 12.3. The van der Waals surface area contributed by atoms with Crippen molar-refractivity contribution >= 4 is 41.1 Å². The van der Waals surface area contributed by atoms with Gasteiger partial charge in [-0.25, -0.2) is 0 Å². The van der Waals surface area contributed by atoms with Crippen LogP contribution in [0.3, 0.4) is 0 Å². The van der Waals surface area contributed by atoms with Crippen molar-refractivity contribution in [2.45, 2.75) is 195 Å². The van der Waals surface area contributed by atoms with Gasteiger partial charge >= 0.3 is 11.9 Å². The van der Waals surface area contributed by atoms with E-state index in [-0.39, 0.29) is 74.8 Å². The van der Waals surface area contributed by atoms with Crippen LogP contribution in [0, 0.1) is 11.8 Å². The maximum Gasteiger partial charge on any atom is 0.306 e. The minimum atomic E-state index is -1.04. The van der Waals surface area contributed by atoms with Crippen molar-refractivity contribution in [2.24, 2.45) is 11.8 Å². The van der Waals surface area contributed by atoms with E-state index in [1.165, 1.54) is 44.9 Å². The van der Waals surface area contributed by atoms with E-state index < -0.39 is 17.9 Å². The summed E-state index contributed by atoms with van der Waals surface area (Å²) in [6.45, 7) is 11.5. The Morgan fingerprint density at radius 1 is 0.453 bits per heavy atom. The average Bonchev–Trinajstić information content (AvgIpc) is 3.27. The van der Waals surface area contributed by atoms with Crippen LogP contribution < -0.4 is 10.6 Å². The Morgan fingerprint density at radius 3 is 1.48 bits per heavy atom. The van der Waals surface area contributed by atoms with Crippen LogP contribution in [0.1, 0.15) is 195 Å². The van der Waals surface area contributed by atoms with Crippen LogP contribution in [-0.4, -0.2) is 117 Å². The summed E-state index contributed by atoms with van der Waals surface area (Å²) in [6, 6.07) is 0. The number of ether oxygens (including phenoxy) is 4. The van der Waals surface area contributed by atoms with Crippen LogP contribution in [0.4, 0.5) is 0 Å². The zero-order chi connectivity index (χ0) is 47.9. The molecule has 15 heteroatoms. The second kappa shape index (κ2) is 47.7. The van der Waals surface area contributed by atoms with E-state index in [0.29, 0.717) is 64.6 Å². The van der Waals surface area contributed by atoms with Gasteiger partial charge in [0.2, 0.25) is 11.8 Å². The highest BCUT2D eigenvalue weighted by Gasteiger charge is 2.22. The molecule has 0 heterocycles. The predicted octanol–water partition coefficient (Wildman–Crippen LogP) is 8.60. The van der Waals surface area contributed by atoms with Crippen molar-refractivity contribution in [1.29, 1.82) is 0 Å². The second-order valence-electron chi connectivity index (χ2n) is 16.5. The molecule has 0 unspecified atom stereocenters. The highest BCUT2D eigenvalue weighted by molar-refractivity contribution is 5.84. The Hall–Kier alpha value is -3.27. The van der Waals surface area contributed by atoms with Gasteiger partial charge in [-0.2, -0.15) is 0 Å². The van der Waals surface area contributed by atoms with Gasteiger partial charge in [-0.05, 0) is 44.9 Å². The fourth-order valence-corrected chi connectivity index (χ4v) is 6.78. The van der Waals surface area contributed by atoms with Gasteiger partial charge in [-0.15, -0.1) is 0 Å². The first kappa shape index (κ1) is 62.8. The lowest BCUT2D eigenvalue weighted by Gasteiger charge is -2.12. The van der Waals surface area contributed by atoms with Crippen LogP contribution in [-0.2, 0) is 52.5 Å². The molecule has 0 aliphatic rings. The number of aliphatic carboxylic acids is 2. The number of hydrogen-bond acceptors (Lipinski definition) is 11. The summed E-state index contributed by atoms with van der Waals surface area (Å²) in [4.78, 5) is 80.6. The van der Waals surface area contributed by atoms with Gasteiger partial charge in [0.1, 0.15) is 24.8 Å². The topological polar surface area (TPSA) is 221 Å². The Bertz CT molecular complexity index is 1200. The molecule has 0 aromatic carbocycles. The average molecular weight is 915 g/mol. The molecule has 0 saturated heterocycles. The molecular weight excluding hydrogens is 825 g/mol. The molecule has 2 atom stereocenters. The first-order valence-corrected chi connectivity index (χ1v) is 24.8. The lowest BCUT2D eigenvalue weighted by atomic mass is 9.93. The van der Waals surface area contributed by atoms with Gasteiger partial charge in [0.05, 0.1) is 39.0 Å². The SMILES string of the molecule is CCC(=O)COCCOCCNC(=O)CC[C@H](CC(=O)CCCCCCCCCCCCCCCCC(=O)O)C(=O)O.CCCOCCOCC(=O)NCCCC[C@H](CC)C(=O)CC. The fourth-order valence-electron chi connectivity index (χ4n) is 6.78. The van der Waals surface area contributed by atoms with Gasteiger partial charge in [-0.3, -0.25) is 33.6 Å². The number of amides is 2. The zero-order valence-corrected chi connectivity index (χ0v) is 40.5. The van der Waals surface area contributed by atoms with E-state index >= 15 is 0 Å². The summed E-state index contributed by atoms with van der Waals surface area (Å²) in [5, 5.41) is 23.6. The molecule has 0 bridgehead atoms. The summed E-state index contributed by atoms with van der Waals surface area (Å²) in [5.74, 6) is -2.44. The van der Waals surface area contributed by atoms with E-state index in [0.717, 1.165) is 83.7 Å². The molecule has 0 aliphatic carbocycles. The summed E-state index contributed by atoms with van der Waals surface area (Å²) in [6.07, 6.45) is 22.1. The van der Waals surface area contributed by atoms with E-state index in [1.54, 1.807) is 6.92 Å². The predicted molar refractivity (Wildman–Crippen MR) is 249 cm³/mol. The lowest BCUT2D eigenvalue weighted by molar-refractivity contribution is -0.144. The van der Waals surface area contributed by atoms with Crippen molar-refractivity contribution in [3.8, 4) is 0 Å². The van der Waals surface area contributed by atoms with E-state index in [4.69, 9.17) is 24.1 Å². The molecule has 0 aromatic rings. The summed E-state index contributed by atoms with van der Waals surface area (Å²) in [7, 11) is 0. The lowest BCUT2D eigenvalue weighted by Crippen LogP contribution is -2.29. The number of nitrogens with one attached hydrogen (secondary N) is 2. The van der Waals surface area contributed by atoms with Crippen molar-refractivity contribution < 1.29 is 62.7 Å². The van der Waals surface area contributed by atoms with Gasteiger partial charge in [0.15, 0.2) is 5.78 Å². The van der Waals surface area contributed by atoms with E-state index in [9.17, 15) is 38.7 Å². The van der Waals surface area contributed by atoms with Crippen LogP contribution in [0.2, 0.25) is 0 Å². The number of ketones is 3. The van der Waals surface area contributed by atoms with Gasteiger partial charge < -0.3 is 39.8 Å². The monoisotopic (exact) mass is 915 g/mol. The third kappa shape index (κ3) is 45.3. The number of Topliss-reactive ketones (excluding diaryl/α,β-unsaturated/α-hetero) is 3. The molecule has 0 rings (SSSR count). The van der Waals surface area contributed by atoms with Gasteiger partial charge in [0, 0.05) is 64.1 Å². The standard InChI is InChI=1S/C32H57NO9.C17H33NO4/c1-2-28(34)26-42-24-23-41-22-21-33-30(36)20-19-27(32(39)40)25-29(35)17-15-13-11-9-7-5-3-4-6-8-10-12-14-16-18-31(37)38;1-4-11-21-12-13-22-14-17(20)18-10-8-7-9-15(5-2)16(19)6-3/h27H,2-26H2,1H3,(H,33,36)(H,37,38)(H,39,40);15H,4-14H2,1-3H3,(H,18,20)/t27-;15-/m10/s1. The second-order valence-corrected chi connectivity index (χ2v) is 16.5. The molecule has 2 amide bonds. The number of unbranched alkanes of at least 4 members (excludes halogenated alkanes) is 14. The van der Waals surface area contributed by atoms with Crippen LogP contribution >= 0.6 is 0 Å². The molecule has 0 spiro atoms. The Morgan fingerprint density at radius 2 is 0.969 bits per heavy atom. The molecule has 0 aliphatic heterocycles. The van der Waals surface area contributed by atoms with Crippen molar-refractivity contribution in [2.75, 3.05) is 65.9 Å². The molecule has 0 fully saturated rings. The molecule has 64 heavy (non-hydrogen) atoms. The Labute approximate surface area is 386 Å². The number of rotatable bonds is 47. The van der Waals surface area contributed by atoms with Crippen LogP contribution in [0.5, 0.6) is 0 Å². The van der Waals surface area contributed by atoms with Crippen LogP contribution in [0.25, 0.3) is 0 Å². The summed E-state index contributed by atoms with van der Waals surface area (Å²) in [5.41, 5.74) is 0. The minimum absolute atomic E-state index is 0.0319. The normalized spacial score (nSPS) is 11.9. The van der Waals surface area contributed by atoms with E-state index in [1.807, 2.05) is 6.92 Å². The summed E-state index contributed by atoms with van der Waals surface area (Å²) >= 11 is 0. The number of hydrogen-bond donors (Lipinski definition) is 4. The fraction of sp³-hybridized carbons (Fsp3) is 0.857. The molecule has 0 aromatic heterocycles. The largest absolute Gasteiger partial charge is 0.481 e. The first-order valence-electron chi connectivity index (χ1n) is 24.8. The highest BCUT2D eigenvalue weighted by atomic mass is 16.5. The molecular formula is C49H90N2O13. The molecule has 4 N–H and O–H groups in total. The molecule has 0 saturated carbocycles. The van der Waals surface area contributed by atoms with Crippen molar-refractivity contribution in [3.05, 3.63) is 0 Å². The number of carbonyl (C=O) groups is 7. The van der Waals surface area contributed by atoms with Crippen molar-refractivity contribution in [1.82, 2.24) is 10.6 Å². The van der Waals surface area contributed by atoms with Crippen LogP contribution in [0.15, 0.2) is 0 Å². The molecule has 15 nitrogen and oxygen atoms in total. The smallest absolute Gasteiger partial charge is 0.306 e. The molecule has 0 radical (unpaired) electrons. The third-order valence-corrected chi connectivity index (χ3v) is 10.8. The van der Waals surface area contributed by atoms with E-state index in [2.05, 4.69) is 24.5 Å². The maximum absolute atomic E-state index is 12.3. The first-order chi connectivity index (χ1) is 30.9. The number of carbonyl (C=O) groups excluding carboxylic acids is 5. The Kier molecular flexibility index (Phi) is 46.8. The Balaban J connectivity index is 0. The highest BCUT2D eigenvalue weighted by Crippen LogP contribution is 2.18. The minimum Gasteiger partial charge on any atom is -0.481 e. The number of carboxylic acids is 2. The molecule has 374 valence electrons. The van der Waals surface area contributed by atoms with Gasteiger partial charge in [0.25, 0.3) is 0 Å². The zero-order valence-electron chi connectivity index (χ0n) is 40.5. The van der Waals surface area contributed by atoms with Crippen molar-refractivity contribution in [3.63, 3.8) is 0 Å².